The van der Waals surface area contributed by atoms with Crippen molar-refractivity contribution in [2.75, 3.05) is 0 Å². The van der Waals surface area contributed by atoms with Gasteiger partial charge in [0.25, 0.3) is 0 Å². The summed E-state index contributed by atoms with van der Waals surface area (Å²) in [5.41, 5.74) is 0. The quantitative estimate of drug-likeness (QED) is 0.546. The van der Waals surface area contributed by atoms with Gasteiger partial charge in [-0.25, -0.2) is 0 Å². The summed E-state index contributed by atoms with van der Waals surface area (Å²) in [7, 11) is 0. The zero-order chi connectivity index (χ0) is 7.28. The Morgan fingerprint density at radius 1 is 1.44 bits per heavy atom. The van der Waals surface area contributed by atoms with Crippen molar-refractivity contribution < 1.29 is 0 Å². The second-order valence-electron chi connectivity index (χ2n) is 1.99. The number of hydrogen-bond donors (Lipinski definition) is 3. The molecular weight excluding hydrogens is 168 g/mol. The molecule has 0 saturated heterocycles. The van der Waals surface area contributed by atoms with Crippen LogP contribution in [0.25, 0.3) is 0 Å². The Labute approximate surface area is 73.3 Å². The van der Waals surface area contributed by atoms with Gasteiger partial charge < -0.3 is 0 Å². The minimum absolute atomic E-state index is 0.301. The molecule has 0 rings (SSSR count). The summed E-state index contributed by atoms with van der Waals surface area (Å²) in [6.45, 7) is 2.05. The van der Waals surface area contributed by atoms with E-state index in [1.165, 1.54) is 0 Å². The van der Waals surface area contributed by atoms with E-state index in [0.29, 0.717) is 10.5 Å². The first-order chi connectivity index (χ1) is 4.16. The largest absolute Gasteiger partial charge is 0.176 e. The SMILES string of the molecule is CC(S)CC(S)C=CS. The standard InChI is InChI=1S/C6H12S3/c1-5(8)4-6(9)2-3-7/h2-3,5-9H,4H2,1H3. The molecule has 0 heterocycles. The molecule has 0 aromatic heterocycles. The maximum atomic E-state index is 4.26. The molecule has 0 amide bonds. The maximum Gasteiger partial charge on any atom is 0.0214 e. The van der Waals surface area contributed by atoms with Crippen molar-refractivity contribution in [3.05, 3.63) is 11.5 Å². The Morgan fingerprint density at radius 3 is 2.33 bits per heavy atom. The van der Waals surface area contributed by atoms with E-state index in [1.807, 2.05) is 6.08 Å². The fraction of sp³-hybridized carbons (Fsp3) is 0.667. The van der Waals surface area contributed by atoms with Crippen molar-refractivity contribution in [1.29, 1.82) is 0 Å². The molecule has 0 aliphatic heterocycles. The van der Waals surface area contributed by atoms with Crippen LogP contribution in [0, 0.1) is 0 Å². The van der Waals surface area contributed by atoms with Crippen LogP contribution in [0.3, 0.4) is 0 Å². The monoisotopic (exact) mass is 180 g/mol. The van der Waals surface area contributed by atoms with Gasteiger partial charge in [-0.15, -0.1) is 0 Å². The number of thiol groups is 3. The molecule has 3 heteroatoms. The first-order valence-electron chi connectivity index (χ1n) is 2.84. The summed E-state index contributed by atoms with van der Waals surface area (Å²) in [6.07, 6.45) is 2.93. The van der Waals surface area contributed by atoms with E-state index < -0.39 is 0 Å². The highest BCUT2D eigenvalue weighted by atomic mass is 32.1. The number of hydrogen-bond acceptors (Lipinski definition) is 3. The second-order valence-corrected chi connectivity index (χ2v) is 3.84. The molecule has 2 unspecified atom stereocenters. The Morgan fingerprint density at radius 2 is 2.00 bits per heavy atom. The van der Waals surface area contributed by atoms with E-state index in [1.54, 1.807) is 5.41 Å². The lowest BCUT2D eigenvalue weighted by Crippen LogP contribution is -2.01. The van der Waals surface area contributed by atoms with Crippen molar-refractivity contribution in [3.8, 4) is 0 Å². The van der Waals surface area contributed by atoms with Crippen molar-refractivity contribution in [2.24, 2.45) is 0 Å². The predicted molar refractivity (Wildman–Crippen MR) is 54.0 cm³/mol. The third kappa shape index (κ3) is 6.68. The zero-order valence-corrected chi connectivity index (χ0v) is 8.04. The van der Waals surface area contributed by atoms with Crippen LogP contribution < -0.4 is 0 Å². The lowest BCUT2D eigenvalue weighted by Gasteiger charge is -2.06. The van der Waals surface area contributed by atoms with E-state index in [9.17, 15) is 0 Å². The summed E-state index contributed by atoms with van der Waals surface area (Å²) in [6, 6.07) is 0. The van der Waals surface area contributed by atoms with Crippen LogP contribution in [0.5, 0.6) is 0 Å². The van der Waals surface area contributed by atoms with Gasteiger partial charge in [0.2, 0.25) is 0 Å². The van der Waals surface area contributed by atoms with Crippen LogP contribution in [0.1, 0.15) is 13.3 Å². The Bertz CT molecular complexity index is 88.3. The predicted octanol–water partition coefficient (Wildman–Crippen LogP) is 2.44. The van der Waals surface area contributed by atoms with Gasteiger partial charge in [0.1, 0.15) is 0 Å². The van der Waals surface area contributed by atoms with Gasteiger partial charge in [0, 0.05) is 10.5 Å². The summed E-state index contributed by atoms with van der Waals surface area (Å²) in [4.78, 5) is 0. The van der Waals surface area contributed by atoms with Gasteiger partial charge in [-0.05, 0) is 11.8 Å². The molecule has 0 fully saturated rings. The van der Waals surface area contributed by atoms with Gasteiger partial charge in [-0.3, -0.25) is 0 Å². The first kappa shape index (κ1) is 9.79. The van der Waals surface area contributed by atoms with E-state index in [2.05, 4.69) is 44.8 Å². The lowest BCUT2D eigenvalue weighted by atomic mass is 10.2. The molecule has 9 heavy (non-hydrogen) atoms. The smallest absolute Gasteiger partial charge is 0.0214 e. The highest BCUT2D eigenvalue weighted by Crippen LogP contribution is 2.10. The third-order valence-electron chi connectivity index (χ3n) is 0.891. The van der Waals surface area contributed by atoms with Crippen LogP contribution in [-0.4, -0.2) is 10.5 Å². The van der Waals surface area contributed by atoms with Gasteiger partial charge >= 0.3 is 0 Å². The fourth-order valence-electron chi connectivity index (χ4n) is 0.527. The molecule has 0 nitrogen and oxygen atoms in total. The molecule has 0 radical (unpaired) electrons. The maximum absolute atomic E-state index is 4.26. The van der Waals surface area contributed by atoms with Crippen LogP contribution in [0.2, 0.25) is 0 Å². The molecular formula is C6H12S3. The molecule has 0 aromatic rings. The van der Waals surface area contributed by atoms with E-state index in [0.717, 1.165) is 6.42 Å². The van der Waals surface area contributed by atoms with Crippen LogP contribution >= 0.6 is 37.9 Å². The Kier molecular flexibility index (Phi) is 6.05. The molecule has 0 spiro atoms. The highest BCUT2D eigenvalue weighted by molar-refractivity contribution is 7.83. The first-order valence-corrected chi connectivity index (χ1v) is 4.38. The fourth-order valence-corrected chi connectivity index (χ4v) is 1.67. The average molecular weight is 180 g/mol. The Hall–Kier alpha value is 0.790. The van der Waals surface area contributed by atoms with E-state index in [4.69, 9.17) is 0 Å². The minimum atomic E-state index is 0.301. The van der Waals surface area contributed by atoms with Gasteiger partial charge in [-0.2, -0.15) is 37.9 Å². The molecule has 0 saturated carbocycles. The van der Waals surface area contributed by atoms with Crippen LogP contribution in [0.4, 0.5) is 0 Å². The van der Waals surface area contributed by atoms with Crippen molar-refractivity contribution in [1.82, 2.24) is 0 Å². The topological polar surface area (TPSA) is 0 Å². The molecule has 0 aliphatic carbocycles. The summed E-state index contributed by atoms with van der Waals surface area (Å²) in [5.74, 6) is 0. The van der Waals surface area contributed by atoms with Gasteiger partial charge in [0.05, 0.1) is 0 Å². The van der Waals surface area contributed by atoms with E-state index in [-0.39, 0.29) is 0 Å². The van der Waals surface area contributed by atoms with Crippen molar-refractivity contribution in [2.45, 2.75) is 23.8 Å². The summed E-state index contributed by atoms with van der Waals surface area (Å²) < 4.78 is 0. The molecule has 0 bridgehead atoms. The molecule has 2 atom stereocenters. The molecule has 0 aliphatic rings. The van der Waals surface area contributed by atoms with Gasteiger partial charge in [-0.1, -0.05) is 13.0 Å². The third-order valence-corrected chi connectivity index (χ3v) is 1.66. The normalized spacial score (nSPS) is 18.2. The van der Waals surface area contributed by atoms with Crippen molar-refractivity contribution >= 4 is 37.9 Å². The van der Waals surface area contributed by atoms with Crippen LogP contribution in [0.15, 0.2) is 11.5 Å². The summed E-state index contributed by atoms with van der Waals surface area (Å²) in [5, 5.41) is 2.43. The molecule has 0 aromatic carbocycles. The van der Waals surface area contributed by atoms with Crippen LogP contribution in [-0.2, 0) is 0 Å². The number of rotatable bonds is 3. The molecule has 54 valence electrons. The zero-order valence-electron chi connectivity index (χ0n) is 5.36. The highest BCUT2D eigenvalue weighted by Gasteiger charge is 2.00. The lowest BCUT2D eigenvalue weighted by molar-refractivity contribution is 0.855. The Balaban J connectivity index is 3.38. The molecule has 0 N–H and O–H groups in total. The van der Waals surface area contributed by atoms with E-state index >= 15 is 0 Å². The second kappa shape index (κ2) is 5.57. The van der Waals surface area contributed by atoms with Gasteiger partial charge in [0.15, 0.2) is 0 Å². The summed E-state index contributed by atoms with van der Waals surface area (Å²) >= 11 is 12.4. The average Bonchev–Trinajstić information content (AvgIpc) is 1.63. The van der Waals surface area contributed by atoms with Crippen molar-refractivity contribution in [3.63, 3.8) is 0 Å². The minimum Gasteiger partial charge on any atom is -0.176 e.